The van der Waals surface area contributed by atoms with Crippen LogP contribution in [0.3, 0.4) is 0 Å². The normalized spacial score (nSPS) is 38.3. The third-order valence-corrected chi connectivity index (χ3v) is 18.2. The van der Waals surface area contributed by atoms with Gasteiger partial charge in [0.05, 0.1) is 37.7 Å². The molecule has 0 unspecified atom stereocenters. The van der Waals surface area contributed by atoms with Crippen LogP contribution in [-0.2, 0) is 71.5 Å². The molecule has 14 atom stereocenters. The zero-order chi connectivity index (χ0) is 51.3. The number of aliphatic hydroxyl groups is 1. The van der Waals surface area contributed by atoms with Crippen molar-refractivity contribution in [3.63, 3.8) is 0 Å². The second-order valence-electron chi connectivity index (χ2n) is 23.2. The summed E-state index contributed by atoms with van der Waals surface area (Å²) in [6.45, 7) is 20.7. The Morgan fingerprint density at radius 2 is 1.42 bits per heavy atom. The number of amides is 1. The van der Waals surface area contributed by atoms with Gasteiger partial charge in [-0.2, -0.15) is 0 Å². The van der Waals surface area contributed by atoms with Crippen molar-refractivity contribution in [3.8, 4) is 0 Å². The smallest absolute Gasteiger partial charge is 0.366 e. The Hall–Kier alpha value is -4.09. The summed E-state index contributed by atoms with van der Waals surface area (Å²) >= 11 is 0. The van der Waals surface area contributed by atoms with Crippen molar-refractivity contribution in [2.24, 2.45) is 50.2 Å². The minimum absolute atomic E-state index is 0.0116. The lowest BCUT2D eigenvalue weighted by atomic mass is 9.33. The Bertz CT molecular complexity index is 2050. The summed E-state index contributed by atoms with van der Waals surface area (Å²) in [6, 6.07) is -1.36. The molecule has 6 aliphatic rings. The fourth-order valence-electron chi connectivity index (χ4n) is 14.6. The van der Waals surface area contributed by atoms with Crippen LogP contribution in [0.4, 0.5) is 0 Å². The average molecular weight is 974 g/mol. The molecular weight excluding hydrogens is 895 g/mol. The van der Waals surface area contributed by atoms with Crippen molar-refractivity contribution in [2.75, 3.05) is 26.9 Å². The second-order valence-corrected chi connectivity index (χ2v) is 23.2. The van der Waals surface area contributed by atoms with E-state index in [1.54, 1.807) is 0 Å². The number of esters is 6. The van der Waals surface area contributed by atoms with Crippen molar-refractivity contribution in [2.45, 2.75) is 196 Å². The van der Waals surface area contributed by atoms with Gasteiger partial charge < -0.3 is 48.3 Å². The molecule has 17 nitrogen and oxygen atoms in total. The van der Waals surface area contributed by atoms with E-state index in [0.717, 1.165) is 86.2 Å². The van der Waals surface area contributed by atoms with Gasteiger partial charge in [0, 0.05) is 34.6 Å². The van der Waals surface area contributed by atoms with Gasteiger partial charge in [0.25, 0.3) is 5.79 Å². The molecular formula is C52H79NO16. The number of allylic oxidation sites excluding steroid dienone is 2. The maximum atomic E-state index is 14.9. The summed E-state index contributed by atoms with van der Waals surface area (Å²) in [7, 11) is 1.08. The van der Waals surface area contributed by atoms with Crippen LogP contribution in [0.25, 0.3) is 0 Å². The molecule has 0 aromatic heterocycles. The van der Waals surface area contributed by atoms with Crippen molar-refractivity contribution in [1.82, 2.24) is 5.32 Å². The summed E-state index contributed by atoms with van der Waals surface area (Å²) in [6.07, 6.45) is 3.87. The van der Waals surface area contributed by atoms with Crippen LogP contribution in [0.5, 0.6) is 0 Å². The molecule has 5 aliphatic carbocycles. The monoisotopic (exact) mass is 974 g/mol. The van der Waals surface area contributed by atoms with E-state index in [1.165, 1.54) is 12.5 Å². The van der Waals surface area contributed by atoms with Crippen LogP contribution >= 0.6 is 0 Å². The van der Waals surface area contributed by atoms with Crippen LogP contribution in [0.1, 0.15) is 154 Å². The first kappa shape index (κ1) is 54.2. The van der Waals surface area contributed by atoms with Crippen molar-refractivity contribution >= 4 is 41.7 Å². The highest BCUT2D eigenvalue weighted by molar-refractivity contribution is 5.80. The van der Waals surface area contributed by atoms with E-state index in [0.29, 0.717) is 24.7 Å². The lowest BCUT2D eigenvalue weighted by Crippen LogP contribution is -2.69. The molecule has 17 heteroatoms. The number of carbonyl (C=O) groups excluding carboxylic acids is 7. The lowest BCUT2D eigenvalue weighted by Gasteiger charge is -2.71. The zero-order valence-electron chi connectivity index (χ0n) is 43.2. The minimum Gasteiger partial charge on any atom is -0.465 e. The molecule has 1 heterocycles. The molecule has 0 spiro atoms. The highest BCUT2D eigenvalue weighted by Crippen LogP contribution is 2.76. The number of hydrogen-bond donors (Lipinski definition) is 2. The second kappa shape index (κ2) is 19.8. The summed E-state index contributed by atoms with van der Waals surface area (Å²) in [4.78, 5) is 91.3. The molecule has 6 rings (SSSR count). The number of ether oxygens (including phenoxy) is 8. The predicted molar refractivity (Wildman–Crippen MR) is 247 cm³/mol. The van der Waals surface area contributed by atoms with Gasteiger partial charge in [-0.25, -0.2) is 4.79 Å². The molecule has 5 fully saturated rings. The molecule has 1 amide bonds. The minimum atomic E-state index is -2.44. The van der Waals surface area contributed by atoms with E-state index in [1.807, 2.05) is 0 Å². The zero-order valence-corrected chi connectivity index (χ0v) is 43.2. The summed E-state index contributed by atoms with van der Waals surface area (Å²) < 4.78 is 46.0. The highest BCUT2D eigenvalue weighted by atomic mass is 16.7. The quantitative estimate of drug-likeness (QED) is 0.0852. The Morgan fingerprint density at radius 1 is 0.754 bits per heavy atom. The maximum absolute atomic E-state index is 14.9. The van der Waals surface area contributed by atoms with Crippen LogP contribution in [-0.4, -0.2) is 116 Å². The largest absolute Gasteiger partial charge is 0.465 e. The van der Waals surface area contributed by atoms with E-state index in [4.69, 9.17) is 37.9 Å². The van der Waals surface area contributed by atoms with Gasteiger partial charge in [-0.05, 0) is 109 Å². The van der Waals surface area contributed by atoms with E-state index in [-0.39, 0.29) is 51.7 Å². The Kier molecular flexibility index (Phi) is 15.6. The van der Waals surface area contributed by atoms with E-state index in [9.17, 15) is 38.7 Å². The summed E-state index contributed by atoms with van der Waals surface area (Å²) in [5.41, 5.74) is 0.282. The van der Waals surface area contributed by atoms with Crippen LogP contribution in [0.2, 0.25) is 0 Å². The van der Waals surface area contributed by atoms with E-state index < -0.39 is 97.0 Å². The van der Waals surface area contributed by atoms with Crippen molar-refractivity contribution in [1.29, 1.82) is 0 Å². The Balaban J connectivity index is 1.29. The fraction of sp³-hybridized carbons (Fsp3) is 0.827. The van der Waals surface area contributed by atoms with Crippen LogP contribution < -0.4 is 5.32 Å². The first-order valence-corrected chi connectivity index (χ1v) is 24.9. The molecule has 0 aromatic carbocycles. The molecule has 69 heavy (non-hydrogen) atoms. The molecule has 0 bridgehead atoms. The first-order chi connectivity index (χ1) is 32.0. The third-order valence-electron chi connectivity index (χ3n) is 18.2. The lowest BCUT2D eigenvalue weighted by molar-refractivity contribution is -0.315. The standard InChI is InChI=1S/C52H79NO16/c1-29(54)53-41-36(66-31(3)56)27-52(45(61)62-13,69-43(41)42(68-33(5)58)37(67-32(4)57)28-64-30(2)55)65-25-24-63-44(60)51-22-20-46(6,7)26-35(51)34-14-15-39-48(10)18-17-40(59)47(8,9)38(48)16-19-50(39,12)49(34,11)21-23-51/h14,35-43,59H,15-28H2,1-13H3,(H,53,54)/t35-,36+,37-,38+,39-,40+,41-,42-,43-,48+,49-,50-,51+,52-/m1/s1. The number of hydrogen-bond acceptors (Lipinski definition) is 16. The predicted octanol–water partition coefficient (Wildman–Crippen LogP) is 6.23. The van der Waals surface area contributed by atoms with Crippen LogP contribution in [0.15, 0.2) is 11.6 Å². The van der Waals surface area contributed by atoms with Gasteiger partial charge in [0.1, 0.15) is 25.4 Å². The number of rotatable bonds is 14. The highest BCUT2D eigenvalue weighted by Gasteiger charge is 2.69. The molecule has 1 aliphatic heterocycles. The van der Waals surface area contributed by atoms with Gasteiger partial charge in [0.2, 0.25) is 5.91 Å². The average Bonchev–Trinajstić information content (AvgIpc) is 3.24. The van der Waals surface area contributed by atoms with Crippen molar-refractivity contribution < 1.29 is 76.6 Å². The summed E-state index contributed by atoms with van der Waals surface area (Å²) in [5.74, 6) is -7.07. The Labute approximate surface area is 407 Å². The van der Waals surface area contributed by atoms with Gasteiger partial charge in [-0.1, -0.05) is 60.1 Å². The fourth-order valence-corrected chi connectivity index (χ4v) is 14.6. The molecule has 1 saturated heterocycles. The van der Waals surface area contributed by atoms with Gasteiger partial charge in [-0.3, -0.25) is 28.8 Å². The van der Waals surface area contributed by atoms with Gasteiger partial charge in [0.15, 0.2) is 12.2 Å². The molecule has 0 radical (unpaired) electrons. The first-order valence-electron chi connectivity index (χ1n) is 24.9. The van der Waals surface area contributed by atoms with E-state index >= 15 is 0 Å². The molecule has 2 N–H and O–H groups in total. The van der Waals surface area contributed by atoms with Gasteiger partial charge >= 0.3 is 35.8 Å². The molecule has 388 valence electrons. The van der Waals surface area contributed by atoms with Crippen molar-refractivity contribution in [3.05, 3.63) is 11.6 Å². The third kappa shape index (κ3) is 10.1. The van der Waals surface area contributed by atoms with E-state index in [2.05, 4.69) is 59.9 Å². The summed E-state index contributed by atoms with van der Waals surface area (Å²) in [5, 5.41) is 13.8. The number of nitrogens with one attached hydrogen (secondary N) is 1. The SMILES string of the molecule is COC(=O)[C@@]1(OCCOC(=O)[C@]23CCC(C)(C)C[C@@H]2C2=CC[C@@H]4[C@@]5(C)CC[C@H](O)C(C)(C)[C@@H]5CC[C@@]4(C)[C@]2(C)CC3)C[C@H](OC(C)=O)[C@@H](NC(C)=O)[C@H]([C@H](OC(C)=O)[C@@H](COC(C)=O)OC(C)=O)O1. The molecule has 4 saturated carbocycles. The number of methoxy groups -OCH3 is 1. The molecule has 0 aromatic rings. The van der Waals surface area contributed by atoms with Crippen LogP contribution in [0, 0.1) is 50.2 Å². The number of fused-ring (bicyclic) bond motifs is 7. The Morgan fingerprint density at radius 3 is 2.03 bits per heavy atom. The number of carbonyl (C=O) groups is 7. The van der Waals surface area contributed by atoms with Gasteiger partial charge in [-0.15, -0.1) is 0 Å². The number of aliphatic hydroxyl groups excluding tert-OH is 1. The maximum Gasteiger partial charge on any atom is 0.366 e. The topological polar surface area (TPSA) is 226 Å².